The minimum absolute atomic E-state index is 0.413. The van der Waals surface area contributed by atoms with Crippen molar-refractivity contribution >= 4 is 31.9 Å². The number of aromatic nitrogens is 1. The lowest BCUT2D eigenvalue weighted by atomic mass is 10.0. The van der Waals surface area contributed by atoms with Crippen LogP contribution in [-0.4, -0.2) is 24.2 Å². The number of halogens is 1. The second-order valence-electron chi connectivity index (χ2n) is 5.44. The second-order valence-corrected chi connectivity index (χ2v) is 6.29. The summed E-state index contributed by atoms with van der Waals surface area (Å²) >= 11 is 3.56. The molecule has 0 bridgehead atoms. The van der Waals surface area contributed by atoms with Gasteiger partial charge in [0.05, 0.1) is 5.69 Å². The van der Waals surface area contributed by atoms with Gasteiger partial charge >= 0.3 is 0 Å². The molecule has 0 aromatic carbocycles. The number of pyridine rings is 1. The standard InChI is InChI=1S/C17H24BrN3O/c1-4-12-10-14(11(3)19)16(15(18)5-2)21-17(12)20-13-6-8-22-9-7-13/h5,10,13H,3-4,6-9,19H2,1-2H3,(H,20,21)/b15-5+. The van der Waals surface area contributed by atoms with Gasteiger partial charge in [-0.2, -0.15) is 0 Å². The summed E-state index contributed by atoms with van der Waals surface area (Å²) in [6.07, 6.45) is 4.89. The molecule has 120 valence electrons. The molecule has 1 aliphatic heterocycles. The number of ether oxygens (including phenoxy) is 1. The van der Waals surface area contributed by atoms with E-state index in [1.807, 2.05) is 13.0 Å². The van der Waals surface area contributed by atoms with Gasteiger partial charge in [-0.25, -0.2) is 4.98 Å². The van der Waals surface area contributed by atoms with Crippen molar-refractivity contribution in [1.29, 1.82) is 0 Å². The van der Waals surface area contributed by atoms with Crippen LogP contribution in [0.25, 0.3) is 10.2 Å². The fourth-order valence-corrected chi connectivity index (χ4v) is 2.85. The number of nitrogens with two attached hydrogens (primary N) is 1. The summed E-state index contributed by atoms with van der Waals surface area (Å²) in [6, 6.07) is 2.51. The summed E-state index contributed by atoms with van der Waals surface area (Å²) in [7, 11) is 0. The molecule has 4 nitrogen and oxygen atoms in total. The molecule has 1 aromatic heterocycles. The highest BCUT2D eigenvalue weighted by molar-refractivity contribution is 9.15. The van der Waals surface area contributed by atoms with Crippen molar-refractivity contribution in [3.63, 3.8) is 0 Å². The Kier molecular flexibility index (Phi) is 6.03. The Balaban J connectivity index is 2.41. The molecule has 0 atom stereocenters. The minimum atomic E-state index is 0.413. The summed E-state index contributed by atoms with van der Waals surface area (Å²) in [5.74, 6) is 0.938. The largest absolute Gasteiger partial charge is 0.399 e. The fraction of sp³-hybridized carbons (Fsp3) is 0.471. The Morgan fingerprint density at radius 3 is 2.77 bits per heavy atom. The van der Waals surface area contributed by atoms with E-state index in [9.17, 15) is 0 Å². The van der Waals surface area contributed by atoms with E-state index in [-0.39, 0.29) is 0 Å². The van der Waals surface area contributed by atoms with E-state index < -0.39 is 0 Å². The fourth-order valence-electron chi connectivity index (χ4n) is 2.55. The van der Waals surface area contributed by atoms with Crippen molar-refractivity contribution in [3.8, 4) is 0 Å². The first-order chi connectivity index (χ1) is 10.6. The van der Waals surface area contributed by atoms with Gasteiger partial charge < -0.3 is 15.8 Å². The Hall–Kier alpha value is -1.33. The predicted molar refractivity (Wildman–Crippen MR) is 96.9 cm³/mol. The summed E-state index contributed by atoms with van der Waals surface area (Å²) in [6.45, 7) is 9.58. The van der Waals surface area contributed by atoms with Crippen LogP contribution in [0.4, 0.5) is 5.82 Å². The van der Waals surface area contributed by atoms with Crippen molar-refractivity contribution < 1.29 is 4.74 Å². The van der Waals surface area contributed by atoms with Gasteiger partial charge in [-0.1, -0.05) is 19.6 Å². The molecule has 1 fully saturated rings. The first-order valence-electron chi connectivity index (χ1n) is 7.71. The monoisotopic (exact) mass is 365 g/mol. The normalized spacial score (nSPS) is 16.6. The predicted octanol–water partition coefficient (Wildman–Crippen LogP) is 3.92. The highest BCUT2D eigenvalue weighted by atomic mass is 79.9. The zero-order chi connectivity index (χ0) is 16.1. The molecule has 2 heterocycles. The first kappa shape index (κ1) is 17.0. The van der Waals surface area contributed by atoms with Gasteiger partial charge in [0.2, 0.25) is 0 Å². The Bertz CT molecular complexity index is 578. The average Bonchev–Trinajstić information content (AvgIpc) is 2.54. The number of hydrogen-bond acceptors (Lipinski definition) is 4. The number of aryl methyl sites for hydroxylation is 1. The summed E-state index contributed by atoms with van der Waals surface area (Å²) in [4.78, 5) is 4.82. The molecule has 5 heteroatoms. The van der Waals surface area contributed by atoms with E-state index in [0.717, 1.165) is 59.6 Å². The molecule has 3 N–H and O–H groups in total. The number of nitrogens with zero attached hydrogens (tertiary/aromatic N) is 1. The SMILES string of the molecule is C=C(N)c1cc(CC)c(NC2CCOCC2)nc1/C(Br)=C\C. The third-order valence-electron chi connectivity index (χ3n) is 3.87. The first-order valence-corrected chi connectivity index (χ1v) is 8.51. The highest BCUT2D eigenvalue weighted by Gasteiger charge is 2.18. The lowest BCUT2D eigenvalue weighted by molar-refractivity contribution is 0.0903. The molecule has 1 aromatic rings. The van der Waals surface area contributed by atoms with Gasteiger partial charge in [-0.05, 0) is 53.7 Å². The number of rotatable bonds is 5. The molecule has 0 saturated carbocycles. The van der Waals surface area contributed by atoms with Crippen molar-refractivity contribution in [2.45, 2.75) is 39.2 Å². The second kappa shape index (κ2) is 7.79. The van der Waals surface area contributed by atoms with Crippen LogP contribution in [0.2, 0.25) is 0 Å². The van der Waals surface area contributed by atoms with Crippen LogP contribution in [0.5, 0.6) is 0 Å². The van der Waals surface area contributed by atoms with E-state index >= 15 is 0 Å². The summed E-state index contributed by atoms with van der Waals surface area (Å²) < 4.78 is 6.34. The molecule has 1 saturated heterocycles. The molecule has 0 aliphatic carbocycles. The molecule has 2 rings (SSSR count). The topological polar surface area (TPSA) is 60.2 Å². The van der Waals surface area contributed by atoms with Gasteiger partial charge in [0.25, 0.3) is 0 Å². The zero-order valence-corrected chi connectivity index (χ0v) is 14.9. The molecular weight excluding hydrogens is 342 g/mol. The quantitative estimate of drug-likeness (QED) is 0.829. The zero-order valence-electron chi connectivity index (χ0n) is 13.3. The maximum absolute atomic E-state index is 5.95. The number of nitrogens with one attached hydrogen (secondary N) is 1. The van der Waals surface area contributed by atoms with Gasteiger partial charge in [0.1, 0.15) is 5.82 Å². The van der Waals surface area contributed by atoms with Gasteiger partial charge in [0.15, 0.2) is 0 Å². The minimum Gasteiger partial charge on any atom is -0.399 e. The van der Waals surface area contributed by atoms with E-state index in [0.29, 0.717) is 11.7 Å². The summed E-state index contributed by atoms with van der Waals surface area (Å²) in [5, 5.41) is 3.58. The van der Waals surface area contributed by atoms with Crippen LogP contribution < -0.4 is 11.1 Å². The molecule has 0 spiro atoms. The van der Waals surface area contributed by atoms with Crippen LogP contribution in [0, 0.1) is 0 Å². The van der Waals surface area contributed by atoms with Crippen LogP contribution >= 0.6 is 15.9 Å². The number of hydrogen-bond donors (Lipinski definition) is 2. The third kappa shape index (κ3) is 3.90. The van der Waals surface area contributed by atoms with Crippen molar-refractivity contribution in [2.75, 3.05) is 18.5 Å². The lowest BCUT2D eigenvalue weighted by Crippen LogP contribution is -2.29. The van der Waals surface area contributed by atoms with Crippen LogP contribution in [0.15, 0.2) is 18.7 Å². The average molecular weight is 366 g/mol. The van der Waals surface area contributed by atoms with Gasteiger partial charge in [-0.3, -0.25) is 0 Å². The van der Waals surface area contributed by atoms with E-state index in [1.165, 1.54) is 0 Å². The number of anilines is 1. The van der Waals surface area contributed by atoms with E-state index in [4.69, 9.17) is 15.5 Å². The maximum Gasteiger partial charge on any atom is 0.130 e. The van der Waals surface area contributed by atoms with Crippen molar-refractivity contribution in [3.05, 3.63) is 35.5 Å². The maximum atomic E-state index is 5.95. The molecule has 0 radical (unpaired) electrons. The molecular formula is C17H24BrN3O. The van der Waals surface area contributed by atoms with Gasteiger partial charge in [-0.15, -0.1) is 0 Å². The molecule has 1 aliphatic rings. The van der Waals surface area contributed by atoms with Crippen molar-refractivity contribution in [1.82, 2.24) is 4.98 Å². The Morgan fingerprint density at radius 2 is 2.23 bits per heavy atom. The molecule has 0 unspecified atom stereocenters. The lowest BCUT2D eigenvalue weighted by Gasteiger charge is -2.25. The van der Waals surface area contributed by atoms with Crippen LogP contribution in [0.1, 0.15) is 43.5 Å². The highest BCUT2D eigenvalue weighted by Crippen LogP contribution is 2.30. The van der Waals surface area contributed by atoms with Crippen molar-refractivity contribution in [2.24, 2.45) is 5.73 Å². The van der Waals surface area contributed by atoms with E-state index in [2.05, 4.69) is 40.8 Å². The van der Waals surface area contributed by atoms with Gasteiger partial charge in [0, 0.05) is 35.0 Å². The van der Waals surface area contributed by atoms with Crippen LogP contribution in [0.3, 0.4) is 0 Å². The molecule has 0 amide bonds. The Labute approximate surface area is 141 Å². The molecule has 22 heavy (non-hydrogen) atoms. The Morgan fingerprint density at radius 1 is 1.55 bits per heavy atom. The van der Waals surface area contributed by atoms with Crippen LogP contribution in [-0.2, 0) is 11.2 Å². The number of allylic oxidation sites excluding steroid dienone is 1. The third-order valence-corrected chi connectivity index (χ3v) is 4.70. The smallest absolute Gasteiger partial charge is 0.130 e. The van der Waals surface area contributed by atoms with E-state index in [1.54, 1.807) is 0 Å². The summed E-state index contributed by atoms with van der Waals surface area (Å²) in [5.41, 5.74) is 9.36.